The van der Waals surface area contributed by atoms with E-state index >= 15 is 0 Å². The summed E-state index contributed by atoms with van der Waals surface area (Å²) in [5.74, 6) is 0.580. The van der Waals surface area contributed by atoms with Crippen LogP contribution in [0.1, 0.15) is 20.3 Å². The summed E-state index contributed by atoms with van der Waals surface area (Å²) in [6.45, 7) is 5.00. The first-order chi connectivity index (χ1) is 6.41. The van der Waals surface area contributed by atoms with Gasteiger partial charge >= 0.3 is 0 Å². The highest BCUT2D eigenvalue weighted by Crippen LogP contribution is 2.12. The Balaban J connectivity index is 2.33. The molecule has 2 N–H and O–H groups in total. The predicted molar refractivity (Wildman–Crippen MR) is 55.9 cm³/mol. The minimum atomic E-state index is -3.01. The van der Waals surface area contributed by atoms with E-state index in [1.165, 1.54) is 0 Å². The first-order valence-electron chi connectivity index (χ1n) is 5.02. The minimum absolute atomic E-state index is 0.0757. The Bertz CT molecular complexity index is 274. The van der Waals surface area contributed by atoms with Gasteiger partial charge in [-0.15, -0.1) is 0 Å². The van der Waals surface area contributed by atoms with Gasteiger partial charge in [-0.05, 0) is 18.9 Å². The molecular formula is C9H19NO3S. The second-order valence-electron chi connectivity index (χ2n) is 4.39. The molecule has 0 bridgehead atoms. The molecule has 1 aliphatic heterocycles. The minimum Gasteiger partial charge on any atom is -0.390 e. The van der Waals surface area contributed by atoms with E-state index in [0.29, 0.717) is 5.92 Å². The fraction of sp³-hybridized carbons (Fsp3) is 1.00. The molecule has 0 saturated carbocycles. The Hall–Kier alpha value is -0.130. The van der Waals surface area contributed by atoms with E-state index in [0.717, 1.165) is 13.0 Å². The summed E-state index contributed by atoms with van der Waals surface area (Å²) >= 11 is 0. The fourth-order valence-corrected chi connectivity index (χ4v) is 3.36. The normalized spacial score (nSPS) is 31.1. The second kappa shape index (κ2) is 4.59. The van der Waals surface area contributed by atoms with Crippen LogP contribution in [-0.4, -0.2) is 43.7 Å². The summed E-state index contributed by atoms with van der Waals surface area (Å²) in [5, 5.41) is 12.5. The highest BCUT2D eigenvalue weighted by atomic mass is 32.2. The van der Waals surface area contributed by atoms with Crippen molar-refractivity contribution in [3.05, 3.63) is 0 Å². The Morgan fingerprint density at radius 2 is 2.07 bits per heavy atom. The lowest BCUT2D eigenvalue weighted by atomic mass is 10.1. The van der Waals surface area contributed by atoms with Crippen molar-refractivity contribution in [2.45, 2.75) is 32.4 Å². The van der Waals surface area contributed by atoms with Crippen LogP contribution in [0.25, 0.3) is 0 Å². The number of hydrogen-bond donors (Lipinski definition) is 2. The summed E-state index contributed by atoms with van der Waals surface area (Å²) in [5.41, 5.74) is 0. The Morgan fingerprint density at radius 3 is 2.50 bits per heavy atom. The SMILES string of the molecule is CC(C)CCNC1CS(=O)(=O)CC1O. The first-order valence-corrected chi connectivity index (χ1v) is 6.85. The lowest BCUT2D eigenvalue weighted by molar-refractivity contribution is 0.165. The maximum absolute atomic E-state index is 11.1. The van der Waals surface area contributed by atoms with Crippen LogP contribution in [0.15, 0.2) is 0 Å². The molecule has 5 heteroatoms. The number of sulfone groups is 1. The lowest BCUT2D eigenvalue weighted by Crippen LogP contribution is -2.39. The van der Waals surface area contributed by atoms with Crippen molar-refractivity contribution in [3.63, 3.8) is 0 Å². The summed E-state index contributed by atoms with van der Waals surface area (Å²) < 4.78 is 22.3. The smallest absolute Gasteiger partial charge is 0.154 e. The van der Waals surface area contributed by atoms with Gasteiger partial charge in [-0.1, -0.05) is 13.8 Å². The summed E-state index contributed by atoms with van der Waals surface area (Å²) in [6.07, 6.45) is 0.274. The third-order valence-corrected chi connectivity index (χ3v) is 4.17. The van der Waals surface area contributed by atoms with Crippen LogP contribution in [0.4, 0.5) is 0 Å². The number of nitrogens with one attached hydrogen (secondary N) is 1. The maximum atomic E-state index is 11.1. The van der Waals surface area contributed by atoms with Gasteiger partial charge in [0.25, 0.3) is 0 Å². The number of hydrogen-bond acceptors (Lipinski definition) is 4. The monoisotopic (exact) mass is 221 g/mol. The number of aliphatic hydroxyl groups is 1. The quantitative estimate of drug-likeness (QED) is 0.689. The van der Waals surface area contributed by atoms with Crippen LogP contribution < -0.4 is 5.32 Å². The van der Waals surface area contributed by atoms with E-state index in [-0.39, 0.29) is 17.5 Å². The molecule has 14 heavy (non-hydrogen) atoms. The Morgan fingerprint density at radius 1 is 1.43 bits per heavy atom. The van der Waals surface area contributed by atoms with Crippen molar-refractivity contribution >= 4 is 9.84 Å². The average molecular weight is 221 g/mol. The predicted octanol–water partition coefficient (Wildman–Crippen LogP) is -0.220. The molecule has 0 aromatic carbocycles. The van der Waals surface area contributed by atoms with Gasteiger partial charge in [0.05, 0.1) is 17.6 Å². The number of rotatable bonds is 4. The molecule has 0 aromatic heterocycles. The van der Waals surface area contributed by atoms with Gasteiger partial charge in [0, 0.05) is 6.04 Å². The summed E-state index contributed by atoms with van der Waals surface area (Å²) in [4.78, 5) is 0. The van der Waals surface area contributed by atoms with E-state index in [9.17, 15) is 13.5 Å². The van der Waals surface area contributed by atoms with Gasteiger partial charge in [0.15, 0.2) is 9.84 Å². The molecule has 2 atom stereocenters. The molecule has 0 amide bonds. The summed E-state index contributed by atoms with van der Waals surface area (Å²) in [6, 6.07) is -0.265. The highest BCUT2D eigenvalue weighted by molar-refractivity contribution is 7.91. The van der Waals surface area contributed by atoms with Crippen molar-refractivity contribution < 1.29 is 13.5 Å². The third-order valence-electron chi connectivity index (χ3n) is 2.45. The lowest BCUT2D eigenvalue weighted by Gasteiger charge is -2.15. The molecule has 84 valence electrons. The maximum Gasteiger partial charge on any atom is 0.154 e. The van der Waals surface area contributed by atoms with Crippen molar-refractivity contribution in [1.82, 2.24) is 5.32 Å². The largest absolute Gasteiger partial charge is 0.390 e. The molecule has 0 aliphatic carbocycles. The zero-order chi connectivity index (χ0) is 10.8. The van der Waals surface area contributed by atoms with Crippen LogP contribution in [0, 0.1) is 5.92 Å². The molecule has 1 saturated heterocycles. The van der Waals surface area contributed by atoms with Gasteiger partial charge in [-0.25, -0.2) is 8.42 Å². The van der Waals surface area contributed by atoms with E-state index in [1.54, 1.807) is 0 Å². The molecular weight excluding hydrogens is 202 g/mol. The number of aliphatic hydroxyl groups excluding tert-OH is 1. The van der Waals surface area contributed by atoms with Crippen molar-refractivity contribution in [3.8, 4) is 0 Å². The van der Waals surface area contributed by atoms with Crippen molar-refractivity contribution in [2.24, 2.45) is 5.92 Å². The topological polar surface area (TPSA) is 66.4 Å². The van der Waals surface area contributed by atoms with Crippen LogP contribution in [0.3, 0.4) is 0 Å². The third kappa shape index (κ3) is 3.55. The molecule has 1 heterocycles. The molecule has 0 aromatic rings. The molecule has 1 aliphatic rings. The zero-order valence-corrected chi connectivity index (χ0v) is 9.55. The molecule has 0 radical (unpaired) electrons. The standard InChI is InChI=1S/C9H19NO3S/c1-7(2)3-4-10-8-5-14(12,13)6-9(8)11/h7-11H,3-6H2,1-2H3. The second-order valence-corrected chi connectivity index (χ2v) is 6.54. The van der Waals surface area contributed by atoms with Crippen molar-refractivity contribution in [2.75, 3.05) is 18.1 Å². The Labute approximate surface area is 85.6 Å². The molecule has 0 spiro atoms. The highest BCUT2D eigenvalue weighted by Gasteiger charge is 2.35. The van der Waals surface area contributed by atoms with Gasteiger partial charge < -0.3 is 10.4 Å². The molecule has 1 rings (SSSR count). The first kappa shape index (κ1) is 11.9. The fourth-order valence-electron chi connectivity index (χ4n) is 1.58. The average Bonchev–Trinajstić information content (AvgIpc) is 2.24. The van der Waals surface area contributed by atoms with Crippen LogP contribution in [0.5, 0.6) is 0 Å². The van der Waals surface area contributed by atoms with E-state index < -0.39 is 15.9 Å². The van der Waals surface area contributed by atoms with Gasteiger partial charge in [-0.2, -0.15) is 0 Å². The van der Waals surface area contributed by atoms with Crippen LogP contribution in [-0.2, 0) is 9.84 Å². The van der Waals surface area contributed by atoms with E-state index in [1.807, 2.05) is 0 Å². The Kier molecular flexibility index (Phi) is 3.92. The van der Waals surface area contributed by atoms with Gasteiger partial charge in [0.2, 0.25) is 0 Å². The van der Waals surface area contributed by atoms with Gasteiger partial charge in [0.1, 0.15) is 0 Å². The van der Waals surface area contributed by atoms with Crippen LogP contribution >= 0.6 is 0 Å². The summed E-state index contributed by atoms with van der Waals surface area (Å²) in [7, 11) is -3.01. The van der Waals surface area contributed by atoms with Gasteiger partial charge in [-0.3, -0.25) is 0 Å². The van der Waals surface area contributed by atoms with E-state index in [4.69, 9.17) is 0 Å². The molecule has 2 unspecified atom stereocenters. The van der Waals surface area contributed by atoms with E-state index in [2.05, 4.69) is 19.2 Å². The molecule has 4 nitrogen and oxygen atoms in total. The molecule has 1 fully saturated rings. The van der Waals surface area contributed by atoms with Crippen LogP contribution in [0.2, 0.25) is 0 Å². The zero-order valence-electron chi connectivity index (χ0n) is 8.73. The van der Waals surface area contributed by atoms with Crippen molar-refractivity contribution in [1.29, 1.82) is 0 Å².